The third kappa shape index (κ3) is 37.6. The first-order valence-corrected chi connectivity index (χ1v) is 60.0. The van der Waals surface area contributed by atoms with Crippen LogP contribution in [0.15, 0.2) is 0 Å². The summed E-state index contributed by atoms with van der Waals surface area (Å²) >= 11 is 0. The molecule has 0 amide bonds. The van der Waals surface area contributed by atoms with Crippen molar-refractivity contribution >= 4 is 0 Å². The van der Waals surface area contributed by atoms with Gasteiger partial charge in [0.25, 0.3) is 0 Å². The van der Waals surface area contributed by atoms with Gasteiger partial charge in [0, 0.05) is 125 Å². The van der Waals surface area contributed by atoms with E-state index in [-0.39, 0.29) is 64.7 Å². The van der Waals surface area contributed by atoms with Gasteiger partial charge < -0.3 is 68.9 Å². The van der Waals surface area contributed by atoms with Gasteiger partial charge in [-0.15, -0.1) is 0 Å². The Morgan fingerprint density at radius 2 is 0.741 bits per heavy atom. The third-order valence-electron chi connectivity index (χ3n) is 38.6. The minimum atomic E-state index is -0.204. The lowest BCUT2D eigenvalue weighted by Crippen LogP contribution is -2.66. The number of hydrogen-bond donors (Lipinski definition) is 11. The van der Waals surface area contributed by atoms with Crippen LogP contribution >= 0.6 is 0 Å². The second-order valence-electron chi connectivity index (χ2n) is 47.6. The number of aliphatic hydroxyl groups is 5. The minimum absolute atomic E-state index is 0.0208. The van der Waals surface area contributed by atoms with Crippen LogP contribution in [0.4, 0.5) is 0 Å². The van der Waals surface area contributed by atoms with E-state index in [4.69, 9.17) is 28.0 Å². The van der Waals surface area contributed by atoms with Crippen molar-refractivity contribution in [1.29, 1.82) is 0 Å². The Balaban J connectivity index is 0.000000278. The van der Waals surface area contributed by atoms with E-state index in [0.29, 0.717) is 66.0 Å². The van der Waals surface area contributed by atoms with Crippen LogP contribution in [0.5, 0.6) is 0 Å². The van der Waals surface area contributed by atoms with Gasteiger partial charge in [-0.05, 0) is 412 Å². The van der Waals surface area contributed by atoms with Crippen LogP contribution in [0.2, 0.25) is 0 Å². The van der Waals surface area contributed by atoms with Crippen molar-refractivity contribution in [2.75, 3.05) is 199 Å². The first kappa shape index (κ1) is 129. The van der Waals surface area contributed by atoms with Gasteiger partial charge in [0.1, 0.15) is 0 Å². The zero-order valence-electron chi connectivity index (χ0n) is 96.5. The fraction of sp³-hybridized carbons (Fsp3) is 1.00. The van der Waals surface area contributed by atoms with E-state index in [2.05, 4.69) is 229 Å². The molecule has 1 aliphatic carbocycles. The second kappa shape index (κ2) is 66.7. The van der Waals surface area contributed by atoms with Crippen LogP contribution in [0, 0.1) is 0 Å². The molecule has 0 spiro atoms. The molecular weight excluding hydrogens is 1730 g/mol. The van der Waals surface area contributed by atoms with Crippen molar-refractivity contribution in [1.82, 2.24) is 69.4 Å². The highest BCUT2D eigenvalue weighted by Crippen LogP contribution is 2.45. The summed E-state index contributed by atoms with van der Waals surface area (Å²) in [6, 6.07) is 5.41. The predicted octanol–water partition coefficient (Wildman–Crippen LogP) is 17.6. The van der Waals surface area contributed by atoms with Gasteiger partial charge >= 0.3 is 0 Å². The van der Waals surface area contributed by atoms with Gasteiger partial charge in [-0.3, -0.25) is 49.0 Å². The van der Waals surface area contributed by atoms with E-state index in [0.717, 1.165) is 116 Å². The van der Waals surface area contributed by atoms with Crippen molar-refractivity contribution in [3.05, 3.63) is 0 Å². The molecule has 13 rings (SSSR count). The molecule has 12 unspecified atom stereocenters. The molecule has 0 aromatic rings. The predicted molar refractivity (Wildman–Crippen MR) is 598 cm³/mol. The molecule has 23 heteroatoms. The SMILES string of the molecule is CC(C)(N)C1CCCCN1.CCC(N)(CC)C1CCCCN1C.CCCC(CC)(NC)C1CCCCN1CCO.CCN(C)C(C)(C)C1CCCCN1CCO.CCN1CCCCC1C(CC)(CC)N1CCCC1.CCN1CCCCC1C(CC)(CO)N1CCCC1.CCN1CCCCC1C(N)(CC)CC.CN1CCCCC1C(C)(C)N.OCCN1CC(O)CCC1C1(N2CCCCC2)CCCCC1. The van der Waals surface area contributed by atoms with Gasteiger partial charge in [-0.1, -0.05) is 173 Å². The van der Waals surface area contributed by atoms with Crippen molar-refractivity contribution in [3.8, 4) is 0 Å². The second-order valence-corrected chi connectivity index (χ2v) is 47.6. The highest BCUT2D eigenvalue weighted by molar-refractivity contribution is 5.09. The Bertz CT molecular complexity index is 2950. The molecule has 139 heavy (non-hydrogen) atoms. The lowest BCUT2D eigenvalue weighted by molar-refractivity contribution is -0.0781. The molecule has 12 atom stereocenters. The number of piperidine rings is 10. The fourth-order valence-electron chi connectivity index (χ4n) is 29.1. The number of β-amino-alcohol motifs (C(OH)–C–C–N with tert-alkyl or cyclic N) is 4. The molecule has 0 aromatic carbocycles. The third-order valence-corrected chi connectivity index (χ3v) is 38.6. The van der Waals surface area contributed by atoms with Crippen LogP contribution in [-0.2, 0) is 0 Å². The zero-order chi connectivity index (χ0) is 103. The van der Waals surface area contributed by atoms with E-state index >= 15 is 0 Å². The molecule has 0 aromatic heterocycles. The van der Waals surface area contributed by atoms with Crippen molar-refractivity contribution in [3.63, 3.8) is 0 Å². The molecule has 12 heterocycles. The summed E-state index contributed by atoms with van der Waals surface area (Å²) in [5.74, 6) is 0. The summed E-state index contributed by atoms with van der Waals surface area (Å²) in [5, 5.41) is 55.1. The van der Waals surface area contributed by atoms with E-state index in [1.165, 1.54) is 342 Å². The van der Waals surface area contributed by atoms with E-state index in [1.54, 1.807) is 0 Å². The molecular formula is C116H242N18O5. The highest BCUT2D eigenvalue weighted by Gasteiger charge is 2.52. The fourth-order valence-corrected chi connectivity index (χ4v) is 29.1. The van der Waals surface area contributed by atoms with Crippen molar-refractivity contribution in [2.24, 2.45) is 22.9 Å². The Kier molecular flexibility index (Phi) is 61.7. The Morgan fingerprint density at radius 3 is 1.12 bits per heavy atom. The first-order valence-electron chi connectivity index (χ1n) is 60.0. The zero-order valence-corrected chi connectivity index (χ0v) is 96.5. The molecule has 23 nitrogen and oxygen atoms in total. The maximum atomic E-state index is 10.1. The number of aliphatic hydroxyl groups excluding tert-OH is 5. The molecule has 0 bridgehead atoms. The van der Waals surface area contributed by atoms with Crippen LogP contribution in [0.3, 0.4) is 0 Å². The topological polar surface area (TPSA) is 268 Å². The summed E-state index contributed by atoms with van der Waals surface area (Å²) in [4.78, 5) is 30.9. The smallest absolute Gasteiger partial charge is 0.0667 e. The molecule has 826 valence electrons. The van der Waals surface area contributed by atoms with Gasteiger partial charge in [0.2, 0.25) is 0 Å². The number of hydrogen-bond acceptors (Lipinski definition) is 23. The van der Waals surface area contributed by atoms with E-state index in [9.17, 15) is 20.4 Å². The molecule has 13 fully saturated rings. The number of rotatable bonds is 35. The van der Waals surface area contributed by atoms with E-state index < -0.39 is 0 Å². The summed E-state index contributed by atoms with van der Waals surface area (Å²) in [6.45, 7) is 68.8. The van der Waals surface area contributed by atoms with Gasteiger partial charge in [0.05, 0.1) is 38.1 Å². The molecule has 1 saturated carbocycles. The number of nitrogens with zero attached hydrogens (tertiary/aromatic N) is 12. The number of nitrogens with two attached hydrogens (primary N) is 4. The maximum absolute atomic E-state index is 10.1. The lowest BCUT2D eigenvalue weighted by atomic mass is 9.71. The normalized spacial score (nSPS) is 28.3. The minimum Gasteiger partial charge on any atom is -0.395 e. The van der Waals surface area contributed by atoms with Crippen LogP contribution in [0.25, 0.3) is 0 Å². The summed E-state index contributed by atoms with van der Waals surface area (Å²) < 4.78 is 0. The molecule has 12 saturated heterocycles. The quantitative estimate of drug-likeness (QED) is 0.0282. The maximum Gasteiger partial charge on any atom is 0.0667 e. The average Bonchev–Trinajstić information content (AvgIpc) is 1.42. The van der Waals surface area contributed by atoms with Crippen LogP contribution in [-0.4, -0.2) is 393 Å². The Morgan fingerprint density at radius 1 is 0.367 bits per heavy atom. The Labute approximate surface area is 861 Å². The summed E-state index contributed by atoms with van der Waals surface area (Å²) in [5.41, 5.74) is 26.2. The molecule has 15 N–H and O–H groups in total. The largest absolute Gasteiger partial charge is 0.395 e. The highest BCUT2D eigenvalue weighted by atomic mass is 16.3. The van der Waals surface area contributed by atoms with Crippen LogP contribution in [0.1, 0.15) is 440 Å². The first-order chi connectivity index (χ1) is 66.5. The Hall–Kier alpha value is -0.920. The number of nitrogens with one attached hydrogen (secondary N) is 2. The standard InChI is InChI=1S/C18H34N2O2.C16H32N2.C15H30N2O.C14H30N2O.C13H28N2O.C12H26N2.C11H24N2.C9H20N2.C8H18N2/c21-14-13-19-15-16(22)7-8-17(19)18(9-3-1-4-10-18)20-11-5-2-6-12-20;1-4-16(5-2,18-13-9-10-14-18)15-11-7-8-12-17(15)6-3;1-3-15(13-18,17-11-7-8-12-17)14-9-5-6-10-16(14)4-2;1-4-9-14(5-2,15-3)13-8-6-7-10-16(13)11-12-17;1-5-14(4)13(2,3)12-8-6-7-9-15(12)10-11-16;1-4-12(13,5-2)11-9-7-8-10-14(11)6-3;1-4-11(12,5-2)10-8-6-7-9-13(10)3;1-9(2,10)8-6-4-5-7-11(8)3;1-8(2,9)7-5-3-4-6-10-7/h16-17,21-22H,1-15H2;15H,4-14H2,1-3H3;14,18H,3-13H2,1-2H3;13,15,17H,4-12H2,1-3H3;12,16H,5-11H2,1-4H3;11H,4-10,13H2,1-3H3;10H,4-9,12H2,1-3H3;8H,4-7,10H2,1-3H3;7,10H,3-6,9H2,1-2H3. The molecule has 0 radical (unpaired) electrons. The summed E-state index contributed by atoms with van der Waals surface area (Å²) in [7, 11) is 8.70. The van der Waals surface area contributed by atoms with Gasteiger partial charge in [0.15, 0.2) is 0 Å². The summed E-state index contributed by atoms with van der Waals surface area (Å²) in [6.07, 6.45) is 61.6. The lowest BCUT2D eigenvalue weighted by Gasteiger charge is -2.57. The van der Waals surface area contributed by atoms with Crippen molar-refractivity contribution < 1.29 is 25.5 Å². The number of likely N-dealkylation sites (tertiary alicyclic amines) is 11. The average molecular weight is 1970 g/mol. The molecule has 13 aliphatic rings. The van der Waals surface area contributed by atoms with Gasteiger partial charge in [-0.25, -0.2) is 0 Å². The molecule has 12 aliphatic heterocycles. The number of likely N-dealkylation sites (N-methyl/N-ethyl adjacent to an activating group) is 7. The van der Waals surface area contributed by atoms with E-state index in [1.807, 2.05) is 0 Å². The van der Waals surface area contributed by atoms with Gasteiger partial charge in [-0.2, -0.15) is 0 Å². The van der Waals surface area contributed by atoms with Crippen molar-refractivity contribution in [2.45, 2.75) is 550 Å². The monoisotopic (exact) mass is 1970 g/mol. The van der Waals surface area contributed by atoms with Crippen LogP contribution < -0.4 is 33.6 Å².